The van der Waals surface area contributed by atoms with Gasteiger partial charge in [-0.05, 0) is 12.8 Å². The number of rotatable bonds is 4. The van der Waals surface area contributed by atoms with Crippen LogP contribution >= 0.6 is 0 Å². The van der Waals surface area contributed by atoms with Crippen LogP contribution in [0.15, 0.2) is 24.3 Å². The van der Waals surface area contributed by atoms with Gasteiger partial charge in [-0.25, -0.2) is 18.7 Å². The Hall–Kier alpha value is -2.04. The van der Waals surface area contributed by atoms with E-state index in [1.54, 1.807) is 12.1 Å². The smallest absolute Gasteiger partial charge is 0.275 e. The van der Waals surface area contributed by atoms with Crippen LogP contribution in [-0.2, 0) is 5.92 Å². The topological polar surface area (TPSA) is 51.8 Å². The van der Waals surface area contributed by atoms with Crippen molar-refractivity contribution >= 4 is 5.82 Å². The van der Waals surface area contributed by atoms with E-state index in [9.17, 15) is 8.78 Å². The molecule has 0 spiro atoms. The first-order valence-corrected chi connectivity index (χ1v) is 7.77. The molecular weight excluding hydrogens is 296 g/mol. The van der Waals surface area contributed by atoms with E-state index >= 15 is 0 Å². The molecule has 5 heteroatoms. The van der Waals surface area contributed by atoms with Gasteiger partial charge in [0.2, 0.25) is 0 Å². The molecule has 1 heterocycles. The van der Waals surface area contributed by atoms with E-state index < -0.39 is 11.8 Å². The van der Waals surface area contributed by atoms with Crippen LogP contribution in [0.25, 0.3) is 11.4 Å². The second kappa shape index (κ2) is 6.22. The molecule has 0 unspecified atom stereocenters. The highest BCUT2D eigenvalue weighted by Crippen LogP contribution is 2.36. The van der Waals surface area contributed by atoms with Gasteiger partial charge < -0.3 is 5.73 Å². The number of aromatic nitrogens is 2. The molecule has 0 fully saturated rings. The van der Waals surface area contributed by atoms with E-state index in [0.29, 0.717) is 17.2 Å². The Bertz CT molecular complexity index is 669. The summed E-state index contributed by atoms with van der Waals surface area (Å²) in [6, 6.07) is 6.10. The summed E-state index contributed by atoms with van der Waals surface area (Å²) in [4.78, 5) is 8.81. The van der Waals surface area contributed by atoms with Gasteiger partial charge in [0.25, 0.3) is 5.92 Å². The fraction of sp³-hybridized carbons (Fsp3) is 0.444. The first-order valence-electron chi connectivity index (χ1n) is 7.77. The number of benzene rings is 1. The van der Waals surface area contributed by atoms with Crippen LogP contribution < -0.4 is 5.73 Å². The molecule has 0 saturated heterocycles. The number of hydrogen-bond acceptors (Lipinski definition) is 3. The van der Waals surface area contributed by atoms with E-state index in [4.69, 9.17) is 5.73 Å². The van der Waals surface area contributed by atoms with Crippen molar-refractivity contribution in [2.45, 2.75) is 46.5 Å². The summed E-state index contributed by atoms with van der Waals surface area (Å²) in [7, 11) is 0. The van der Waals surface area contributed by atoms with Crippen LogP contribution in [-0.4, -0.2) is 9.97 Å². The summed E-state index contributed by atoms with van der Waals surface area (Å²) < 4.78 is 28.1. The van der Waals surface area contributed by atoms with Crippen molar-refractivity contribution in [3.63, 3.8) is 0 Å². The van der Waals surface area contributed by atoms with Crippen LogP contribution in [0.3, 0.4) is 0 Å². The standard InChI is InChI=1S/C18H23F2N3/c1-10(2)15-12(5)22-17(23-16(15)21)13-6-8-14(9-7-13)18(19,20)11(3)4/h6-11H,1-5H3,(H2,21,22,23). The Labute approximate surface area is 136 Å². The molecule has 2 aromatic rings. The van der Waals surface area contributed by atoms with Crippen LogP contribution in [0.5, 0.6) is 0 Å². The largest absolute Gasteiger partial charge is 0.383 e. The lowest BCUT2D eigenvalue weighted by Crippen LogP contribution is -2.20. The van der Waals surface area contributed by atoms with E-state index in [0.717, 1.165) is 11.3 Å². The molecule has 0 aliphatic rings. The minimum atomic E-state index is -2.85. The van der Waals surface area contributed by atoms with Crippen LogP contribution in [0.2, 0.25) is 0 Å². The maximum Gasteiger partial charge on any atom is 0.275 e. The zero-order valence-corrected chi connectivity index (χ0v) is 14.2. The number of alkyl halides is 2. The molecule has 2 rings (SSSR count). The third-order valence-corrected chi connectivity index (χ3v) is 4.00. The molecule has 0 bridgehead atoms. The quantitative estimate of drug-likeness (QED) is 0.871. The summed E-state index contributed by atoms with van der Waals surface area (Å²) >= 11 is 0. The van der Waals surface area contributed by atoms with Gasteiger partial charge in [-0.1, -0.05) is 52.0 Å². The molecule has 0 aliphatic carbocycles. The van der Waals surface area contributed by atoms with E-state index in [1.165, 1.54) is 26.0 Å². The van der Waals surface area contributed by atoms with Crippen molar-refractivity contribution in [3.8, 4) is 11.4 Å². The molecule has 0 amide bonds. The van der Waals surface area contributed by atoms with Crippen molar-refractivity contribution in [1.29, 1.82) is 0 Å². The van der Waals surface area contributed by atoms with Gasteiger partial charge >= 0.3 is 0 Å². The summed E-state index contributed by atoms with van der Waals surface area (Å²) in [5.41, 5.74) is 8.45. The SMILES string of the molecule is Cc1nc(-c2ccc(C(F)(F)C(C)C)cc2)nc(N)c1C(C)C. The van der Waals surface area contributed by atoms with Gasteiger partial charge in [-0.3, -0.25) is 0 Å². The maximum absolute atomic E-state index is 14.0. The second-order valence-corrected chi connectivity index (χ2v) is 6.44. The van der Waals surface area contributed by atoms with E-state index in [2.05, 4.69) is 9.97 Å². The molecule has 0 atom stereocenters. The first-order chi connectivity index (χ1) is 10.6. The molecule has 1 aromatic heterocycles. The molecule has 0 radical (unpaired) electrons. The van der Waals surface area contributed by atoms with Crippen LogP contribution in [0, 0.1) is 12.8 Å². The van der Waals surface area contributed by atoms with Crippen molar-refractivity contribution in [3.05, 3.63) is 41.1 Å². The predicted molar refractivity (Wildman–Crippen MR) is 89.4 cm³/mol. The Morgan fingerprint density at radius 2 is 1.57 bits per heavy atom. The lowest BCUT2D eigenvalue weighted by atomic mass is 9.96. The minimum absolute atomic E-state index is 0.000237. The number of nitrogen functional groups attached to an aromatic ring is 1. The highest BCUT2D eigenvalue weighted by molar-refractivity contribution is 5.59. The van der Waals surface area contributed by atoms with Crippen LogP contribution in [0.1, 0.15) is 50.4 Å². The van der Waals surface area contributed by atoms with E-state index in [-0.39, 0.29) is 11.5 Å². The molecule has 3 nitrogen and oxygen atoms in total. The molecule has 2 N–H and O–H groups in total. The Morgan fingerprint density at radius 3 is 2.00 bits per heavy atom. The van der Waals surface area contributed by atoms with Gasteiger partial charge in [-0.15, -0.1) is 0 Å². The van der Waals surface area contributed by atoms with Crippen molar-refractivity contribution < 1.29 is 8.78 Å². The van der Waals surface area contributed by atoms with Crippen molar-refractivity contribution in [2.24, 2.45) is 5.92 Å². The number of hydrogen-bond donors (Lipinski definition) is 1. The fourth-order valence-electron chi connectivity index (χ4n) is 2.62. The normalized spacial score (nSPS) is 12.2. The van der Waals surface area contributed by atoms with Gasteiger partial charge in [0.15, 0.2) is 5.82 Å². The van der Waals surface area contributed by atoms with Gasteiger partial charge in [0, 0.05) is 28.3 Å². The van der Waals surface area contributed by atoms with Gasteiger partial charge in [0.1, 0.15) is 5.82 Å². The zero-order chi connectivity index (χ0) is 17.4. The average Bonchev–Trinajstić information content (AvgIpc) is 2.46. The summed E-state index contributed by atoms with van der Waals surface area (Å²) in [6.07, 6.45) is 0. The Balaban J connectivity index is 2.41. The molecule has 1 aromatic carbocycles. The van der Waals surface area contributed by atoms with Gasteiger partial charge in [0.05, 0.1) is 0 Å². The lowest BCUT2D eigenvalue weighted by Gasteiger charge is -2.21. The molecule has 124 valence electrons. The van der Waals surface area contributed by atoms with E-state index in [1.807, 2.05) is 20.8 Å². The third kappa shape index (κ3) is 3.33. The zero-order valence-electron chi connectivity index (χ0n) is 14.2. The number of aryl methyl sites for hydroxylation is 1. The fourth-order valence-corrected chi connectivity index (χ4v) is 2.62. The Morgan fingerprint density at radius 1 is 1.00 bits per heavy atom. The first kappa shape index (κ1) is 17.3. The van der Waals surface area contributed by atoms with Crippen molar-refractivity contribution in [2.75, 3.05) is 5.73 Å². The summed E-state index contributed by atoms with van der Waals surface area (Å²) in [6.45, 7) is 8.96. The summed E-state index contributed by atoms with van der Waals surface area (Å²) in [5, 5.41) is 0. The third-order valence-electron chi connectivity index (χ3n) is 4.00. The number of nitrogens with two attached hydrogens (primary N) is 1. The molecule has 0 aliphatic heterocycles. The number of halogens is 2. The molecular formula is C18H23F2N3. The Kier molecular flexibility index (Phi) is 4.68. The maximum atomic E-state index is 14.0. The number of nitrogens with zero attached hydrogens (tertiary/aromatic N) is 2. The van der Waals surface area contributed by atoms with Crippen molar-refractivity contribution in [1.82, 2.24) is 9.97 Å². The highest BCUT2D eigenvalue weighted by atomic mass is 19.3. The summed E-state index contributed by atoms with van der Waals surface area (Å²) in [5.74, 6) is -2.47. The van der Waals surface area contributed by atoms with Crippen LogP contribution in [0.4, 0.5) is 14.6 Å². The monoisotopic (exact) mass is 319 g/mol. The second-order valence-electron chi connectivity index (χ2n) is 6.44. The predicted octanol–water partition coefficient (Wildman–Crippen LogP) is 4.91. The molecule has 23 heavy (non-hydrogen) atoms. The van der Waals surface area contributed by atoms with Gasteiger partial charge in [-0.2, -0.15) is 0 Å². The lowest BCUT2D eigenvalue weighted by molar-refractivity contribution is -0.0513. The highest BCUT2D eigenvalue weighted by Gasteiger charge is 2.35. The molecule has 0 saturated carbocycles. The number of anilines is 1. The minimum Gasteiger partial charge on any atom is -0.383 e. The average molecular weight is 319 g/mol.